The Morgan fingerprint density at radius 2 is 1.54 bits per heavy atom. The van der Waals surface area contributed by atoms with Crippen LogP contribution in [0.3, 0.4) is 0 Å². The fraction of sp³-hybridized carbons (Fsp3) is 0. The lowest BCUT2D eigenvalue weighted by atomic mass is 10.2. The second kappa shape index (κ2) is 8.00. The Hall–Kier alpha value is -4.20. The number of non-ortho nitro benzene ring substituents is 1. The number of nitrogen functional groups attached to an aromatic ring is 1. The molecule has 3 N–H and O–H groups in total. The number of benzene rings is 3. The molecule has 0 saturated carbocycles. The van der Waals surface area contributed by atoms with E-state index in [1.807, 2.05) is 0 Å². The van der Waals surface area contributed by atoms with Gasteiger partial charge in [0.15, 0.2) is 0 Å². The molecule has 3 rings (SSSR count). The van der Waals surface area contributed by atoms with E-state index in [2.05, 4.69) is 5.32 Å². The minimum atomic E-state index is -0.929. The van der Waals surface area contributed by atoms with Crippen LogP contribution in [0.25, 0.3) is 0 Å². The number of nitro benzene ring substituents is 1. The van der Waals surface area contributed by atoms with Crippen LogP contribution in [0.4, 0.5) is 28.4 Å². The van der Waals surface area contributed by atoms with E-state index in [4.69, 9.17) is 5.73 Å². The van der Waals surface area contributed by atoms with Crippen molar-refractivity contribution in [2.75, 3.05) is 16.0 Å². The van der Waals surface area contributed by atoms with Crippen LogP contribution in [0.2, 0.25) is 0 Å². The normalized spacial score (nSPS) is 10.1. The number of carbonyl (C=O) groups is 2. The van der Waals surface area contributed by atoms with Crippen molar-refractivity contribution in [3.63, 3.8) is 0 Å². The molecule has 0 saturated heterocycles. The van der Waals surface area contributed by atoms with E-state index in [1.165, 1.54) is 29.2 Å². The van der Waals surface area contributed by atoms with Crippen molar-refractivity contribution in [2.45, 2.75) is 0 Å². The molecule has 0 aliphatic rings. The molecule has 0 heterocycles. The van der Waals surface area contributed by atoms with Gasteiger partial charge in [0.1, 0.15) is 0 Å². The number of anilines is 4. The third-order valence-corrected chi connectivity index (χ3v) is 3.88. The molecule has 0 spiro atoms. The molecule has 3 aromatic rings. The van der Waals surface area contributed by atoms with Crippen LogP contribution in [-0.4, -0.2) is 16.7 Å². The zero-order valence-corrected chi connectivity index (χ0v) is 14.6. The van der Waals surface area contributed by atoms with Gasteiger partial charge in [-0.05, 0) is 42.5 Å². The Morgan fingerprint density at radius 3 is 2.18 bits per heavy atom. The topological polar surface area (TPSA) is 119 Å². The van der Waals surface area contributed by atoms with Crippen molar-refractivity contribution in [3.05, 3.63) is 89.0 Å². The second-order valence-electron chi connectivity index (χ2n) is 5.83. The standard InChI is InChI=1S/C20H16N4O4/c21-14-9-11-17(12-10-14)23(16-6-2-1-3-7-16)20(26)19(25)22-15-5-4-8-18(13-15)24(27)28/h1-13H,21H2,(H,22,25). The third kappa shape index (κ3) is 4.13. The Labute approximate surface area is 160 Å². The van der Waals surface area contributed by atoms with Crippen molar-refractivity contribution in [1.82, 2.24) is 0 Å². The van der Waals surface area contributed by atoms with Gasteiger partial charge in [0.2, 0.25) is 0 Å². The van der Waals surface area contributed by atoms with E-state index in [0.29, 0.717) is 17.1 Å². The average Bonchev–Trinajstić information content (AvgIpc) is 2.70. The monoisotopic (exact) mass is 376 g/mol. The Bertz CT molecular complexity index is 1020. The SMILES string of the molecule is Nc1ccc(N(C(=O)C(=O)Nc2cccc([N+](=O)[O-])c2)c2ccccc2)cc1. The Morgan fingerprint density at radius 1 is 0.893 bits per heavy atom. The van der Waals surface area contributed by atoms with Gasteiger partial charge in [0, 0.05) is 34.9 Å². The Balaban J connectivity index is 1.90. The van der Waals surface area contributed by atoms with Gasteiger partial charge in [0.25, 0.3) is 5.69 Å². The molecule has 0 bridgehead atoms. The lowest BCUT2D eigenvalue weighted by Gasteiger charge is -2.22. The van der Waals surface area contributed by atoms with Crippen LogP contribution in [0.1, 0.15) is 0 Å². The first kappa shape index (κ1) is 18.6. The molecule has 0 unspecified atom stereocenters. The molecule has 8 heteroatoms. The molecule has 0 radical (unpaired) electrons. The fourth-order valence-electron chi connectivity index (χ4n) is 2.57. The van der Waals surface area contributed by atoms with Gasteiger partial charge in [-0.2, -0.15) is 0 Å². The molecule has 2 amide bonds. The average molecular weight is 376 g/mol. The molecule has 0 aromatic heterocycles. The molecule has 0 atom stereocenters. The molecule has 0 aliphatic heterocycles. The van der Waals surface area contributed by atoms with Crippen LogP contribution < -0.4 is 16.0 Å². The summed E-state index contributed by atoms with van der Waals surface area (Å²) in [5, 5.41) is 13.3. The predicted molar refractivity (Wildman–Crippen MR) is 106 cm³/mol. The van der Waals surface area contributed by atoms with Crippen LogP contribution in [0.5, 0.6) is 0 Å². The van der Waals surface area contributed by atoms with Crippen LogP contribution in [-0.2, 0) is 9.59 Å². The van der Waals surface area contributed by atoms with Crippen LogP contribution >= 0.6 is 0 Å². The number of para-hydroxylation sites is 1. The highest BCUT2D eigenvalue weighted by Crippen LogP contribution is 2.27. The highest BCUT2D eigenvalue weighted by atomic mass is 16.6. The summed E-state index contributed by atoms with van der Waals surface area (Å²) in [6.45, 7) is 0. The van der Waals surface area contributed by atoms with Gasteiger partial charge in [-0.25, -0.2) is 0 Å². The number of rotatable bonds is 4. The van der Waals surface area contributed by atoms with Crippen molar-refractivity contribution in [2.24, 2.45) is 0 Å². The van der Waals surface area contributed by atoms with E-state index < -0.39 is 16.7 Å². The Kier molecular flexibility index (Phi) is 5.31. The second-order valence-corrected chi connectivity index (χ2v) is 5.83. The maximum atomic E-state index is 12.9. The first-order valence-corrected chi connectivity index (χ1v) is 8.26. The molecule has 28 heavy (non-hydrogen) atoms. The summed E-state index contributed by atoms with van der Waals surface area (Å²) in [6.07, 6.45) is 0. The number of nitrogens with zero attached hydrogens (tertiary/aromatic N) is 2. The first-order valence-electron chi connectivity index (χ1n) is 8.26. The largest absolute Gasteiger partial charge is 0.399 e. The quantitative estimate of drug-likeness (QED) is 0.313. The van der Waals surface area contributed by atoms with Gasteiger partial charge in [0.05, 0.1) is 4.92 Å². The van der Waals surface area contributed by atoms with Crippen LogP contribution in [0.15, 0.2) is 78.9 Å². The number of nitrogens with two attached hydrogens (primary N) is 1. The van der Waals surface area contributed by atoms with E-state index >= 15 is 0 Å². The van der Waals surface area contributed by atoms with Gasteiger partial charge < -0.3 is 11.1 Å². The summed E-state index contributed by atoms with van der Waals surface area (Å²) in [5.41, 5.74) is 7.13. The van der Waals surface area contributed by atoms with Gasteiger partial charge in [-0.15, -0.1) is 0 Å². The number of carbonyl (C=O) groups excluding carboxylic acids is 2. The van der Waals surface area contributed by atoms with E-state index in [0.717, 1.165) is 0 Å². The van der Waals surface area contributed by atoms with Crippen molar-refractivity contribution in [3.8, 4) is 0 Å². The van der Waals surface area contributed by atoms with Gasteiger partial charge in [-0.1, -0.05) is 24.3 Å². The van der Waals surface area contributed by atoms with Crippen LogP contribution in [0, 0.1) is 10.1 Å². The summed E-state index contributed by atoms with van der Waals surface area (Å²) in [4.78, 5) is 37.0. The summed E-state index contributed by atoms with van der Waals surface area (Å²) < 4.78 is 0. The summed E-state index contributed by atoms with van der Waals surface area (Å²) in [5.74, 6) is -1.77. The van der Waals surface area contributed by atoms with Gasteiger partial charge >= 0.3 is 11.8 Å². The zero-order chi connectivity index (χ0) is 20.1. The van der Waals surface area contributed by atoms with Gasteiger partial charge in [-0.3, -0.25) is 24.6 Å². The molecular weight excluding hydrogens is 360 g/mol. The maximum Gasteiger partial charge on any atom is 0.321 e. The lowest BCUT2D eigenvalue weighted by molar-refractivity contribution is -0.384. The molecule has 0 aliphatic carbocycles. The number of hydrogen-bond acceptors (Lipinski definition) is 5. The van der Waals surface area contributed by atoms with Crippen molar-refractivity contribution >= 4 is 40.3 Å². The highest BCUT2D eigenvalue weighted by molar-refractivity contribution is 6.45. The molecule has 8 nitrogen and oxygen atoms in total. The summed E-state index contributed by atoms with van der Waals surface area (Å²) >= 11 is 0. The number of nitro groups is 1. The van der Waals surface area contributed by atoms with Crippen molar-refractivity contribution < 1.29 is 14.5 Å². The minimum absolute atomic E-state index is 0.151. The van der Waals surface area contributed by atoms with Crippen molar-refractivity contribution in [1.29, 1.82) is 0 Å². The molecule has 0 fully saturated rings. The molecule has 140 valence electrons. The minimum Gasteiger partial charge on any atom is -0.399 e. The smallest absolute Gasteiger partial charge is 0.321 e. The van der Waals surface area contributed by atoms with E-state index in [1.54, 1.807) is 54.6 Å². The highest BCUT2D eigenvalue weighted by Gasteiger charge is 2.25. The number of hydrogen-bond donors (Lipinski definition) is 2. The maximum absolute atomic E-state index is 12.9. The van der Waals surface area contributed by atoms with E-state index in [9.17, 15) is 19.7 Å². The fourth-order valence-corrected chi connectivity index (χ4v) is 2.57. The molecule has 3 aromatic carbocycles. The number of nitrogens with one attached hydrogen (secondary N) is 1. The number of amides is 2. The zero-order valence-electron chi connectivity index (χ0n) is 14.6. The summed E-state index contributed by atoms with van der Waals surface area (Å²) in [7, 11) is 0. The predicted octanol–water partition coefficient (Wildman–Crippen LogP) is 3.48. The lowest BCUT2D eigenvalue weighted by Crippen LogP contribution is -2.36. The first-order chi connectivity index (χ1) is 13.5. The van der Waals surface area contributed by atoms with E-state index in [-0.39, 0.29) is 11.4 Å². The molecular formula is C20H16N4O4. The third-order valence-electron chi connectivity index (χ3n) is 3.88. The summed E-state index contributed by atoms with van der Waals surface area (Å²) in [6, 6.07) is 20.5.